The van der Waals surface area contributed by atoms with Crippen LogP contribution in [0.15, 0.2) is 83.5 Å². The van der Waals surface area contributed by atoms with Crippen molar-refractivity contribution < 1.29 is 0 Å². The molecular formula is C22H13BrN2. The van der Waals surface area contributed by atoms with Crippen molar-refractivity contribution in [2.45, 2.75) is 0 Å². The summed E-state index contributed by atoms with van der Waals surface area (Å²) in [6.07, 6.45) is 1.86. The van der Waals surface area contributed by atoms with Crippen molar-refractivity contribution in [3.8, 4) is 11.3 Å². The molecule has 0 N–H and O–H groups in total. The van der Waals surface area contributed by atoms with E-state index < -0.39 is 0 Å². The van der Waals surface area contributed by atoms with Crippen molar-refractivity contribution in [1.29, 1.82) is 0 Å². The summed E-state index contributed by atoms with van der Waals surface area (Å²) in [5.41, 5.74) is 4.10. The molecule has 0 unspecified atom stereocenters. The van der Waals surface area contributed by atoms with Gasteiger partial charge in [-0.3, -0.25) is 4.98 Å². The summed E-state index contributed by atoms with van der Waals surface area (Å²) in [6.45, 7) is 0. The lowest BCUT2D eigenvalue weighted by Crippen LogP contribution is -1.91. The van der Waals surface area contributed by atoms with Crippen molar-refractivity contribution in [3.05, 3.63) is 83.5 Å². The summed E-state index contributed by atoms with van der Waals surface area (Å²) in [4.78, 5) is 9.66. The van der Waals surface area contributed by atoms with Gasteiger partial charge in [-0.1, -0.05) is 70.5 Å². The van der Waals surface area contributed by atoms with Gasteiger partial charge in [0, 0.05) is 37.8 Å². The predicted octanol–water partition coefficient (Wildman–Crippen LogP) is 6.37. The van der Waals surface area contributed by atoms with E-state index in [-0.39, 0.29) is 0 Å². The van der Waals surface area contributed by atoms with Crippen LogP contribution in [0.5, 0.6) is 0 Å². The Morgan fingerprint density at radius 3 is 2.48 bits per heavy atom. The van der Waals surface area contributed by atoms with E-state index >= 15 is 0 Å². The normalized spacial score (nSPS) is 11.4. The maximum absolute atomic E-state index is 4.98. The molecule has 0 aliphatic heterocycles. The Hall–Kier alpha value is -2.78. The molecule has 25 heavy (non-hydrogen) atoms. The maximum atomic E-state index is 4.98. The monoisotopic (exact) mass is 384 g/mol. The first-order valence-electron chi connectivity index (χ1n) is 8.13. The minimum Gasteiger partial charge on any atom is -0.256 e. The van der Waals surface area contributed by atoms with Gasteiger partial charge in [0.1, 0.15) is 0 Å². The van der Waals surface area contributed by atoms with Gasteiger partial charge in [0.05, 0.1) is 16.7 Å². The Morgan fingerprint density at radius 2 is 1.60 bits per heavy atom. The molecule has 2 nitrogen and oxygen atoms in total. The number of pyridine rings is 2. The van der Waals surface area contributed by atoms with E-state index in [9.17, 15) is 0 Å². The van der Waals surface area contributed by atoms with Crippen molar-refractivity contribution in [2.24, 2.45) is 0 Å². The van der Waals surface area contributed by atoms with Crippen LogP contribution >= 0.6 is 15.9 Å². The van der Waals surface area contributed by atoms with Crippen molar-refractivity contribution in [1.82, 2.24) is 9.97 Å². The molecule has 0 spiro atoms. The van der Waals surface area contributed by atoms with Crippen LogP contribution < -0.4 is 0 Å². The molecule has 0 saturated heterocycles. The van der Waals surface area contributed by atoms with Crippen LogP contribution in [0.4, 0.5) is 0 Å². The van der Waals surface area contributed by atoms with Gasteiger partial charge >= 0.3 is 0 Å². The lowest BCUT2D eigenvalue weighted by molar-refractivity contribution is 1.41. The van der Waals surface area contributed by atoms with Gasteiger partial charge in [-0.2, -0.15) is 0 Å². The summed E-state index contributed by atoms with van der Waals surface area (Å²) in [6, 6.07) is 25.0. The number of aromatic nitrogens is 2. The average Bonchev–Trinajstić information content (AvgIpc) is 2.67. The molecule has 2 heterocycles. The van der Waals surface area contributed by atoms with Gasteiger partial charge in [0.25, 0.3) is 0 Å². The number of rotatable bonds is 1. The summed E-state index contributed by atoms with van der Waals surface area (Å²) in [7, 11) is 0. The Balaban J connectivity index is 2.05. The number of fused-ring (bicyclic) bond motifs is 5. The molecule has 0 saturated carbocycles. The Morgan fingerprint density at radius 1 is 0.760 bits per heavy atom. The molecule has 3 heteroatoms. The molecule has 118 valence electrons. The molecule has 0 amide bonds. The van der Waals surface area contributed by atoms with E-state index in [0.717, 1.165) is 48.3 Å². The predicted molar refractivity (Wildman–Crippen MR) is 108 cm³/mol. The highest BCUT2D eigenvalue weighted by molar-refractivity contribution is 9.10. The van der Waals surface area contributed by atoms with Crippen LogP contribution in [-0.4, -0.2) is 9.97 Å². The molecular weight excluding hydrogens is 372 g/mol. The maximum Gasteiger partial charge on any atom is 0.0788 e. The zero-order valence-corrected chi connectivity index (χ0v) is 14.9. The zero-order chi connectivity index (χ0) is 16.8. The van der Waals surface area contributed by atoms with Crippen molar-refractivity contribution in [2.75, 3.05) is 0 Å². The van der Waals surface area contributed by atoms with Crippen molar-refractivity contribution >= 4 is 48.5 Å². The minimum atomic E-state index is 0.971. The topological polar surface area (TPSA) is 25.8 Å². The van der Waals surface area contributed by atoms with E-state index in [2.05, 4.69) is 69.4 Å². The second kappa shape index (κ2) is 5.64. The number of hydrogen-bond acceptors (Lipinski definition) is 2. The molecule has 2 aromatic heterocycles. The zero-order valence-electron chi connectivity index (χ0n) is 13.3. The molecule has 5 aromatic rings. The van der Waals surface area contributed by atoms with Gasteiger partial charge in [0.2, 0.25) is 0 Å². The number of halogens is 1. The number of benzene rings is 3. The highest BCUT2D eigenvalue weighted by Crippen LogP contribution is 2.36. The van der Waals surface area contributed by atoms with E-state index in [0.29, 0.717) is 0 Å². The van der Waals surface area contributed by atoms with Gasteiger partial charge in [0.15, 0.2) is 0 Å². The van der Waals surface area contributed by atoms with Gasteiger partial charge in [-0.15, -0.1) is 0 Å². The van der Waals surface area contributed by atoms with Crippen LogP contribution in [0.3, 0.4) is 0 Å². The lowest BCUT2D eigenvalue weighted by Gasteiger charge is -2.12. The first-order valence-corrected chi connectivity index (χ1v) is 8.93. The summed E-state index contributed by atoms with van der Waals surface area (Å²) in [5, 5.41) is 4.56. The largest absolute Gasteiger partial charge is 0.256 e. The average molecular weight is 385 g/mol. The van der Waals surface area contributed by atoms with E-state index in [1.54, 1.807) is 0 Å². The summed E-state index contributed by atoms with van der Waals surface area (Å²) in [5.74, 6) is 0. The molecule has 5 rings (SSSR count). The molecule has 0 atom stereocenters. The first-order chi connectivity index (χ1) is 12.3. The van der Waals surface area contributed by atoms with Gasteiger partial charge in [-0.25, -0.2) is 4.98 Å². The summed E-state index contributed by atoms with van der Waals surface area (Å²) >= 11 is 3.57. The van der Waals surface area contributed by atoms with Crippen LogP contribution in [0.2, 0.25) is 0 Å². The Kier molecular flexibility index (Phi) is 3.28. The molecule has 0 radical (unpaired) electrons. The molecule has 0 bridgehead atoms. The summed E-state index contributed by atoms with van der Waals surface area (Å²) < 4.78 is 1.03. The molecule has 0 fully saturated rings. The fourth-order valence-corrected chi connectivity index (χ4v) is 3.77. The number of nitrogens with zero attached hydrogens (tertiary/aromatic N) is 2. The molecule has 0 aliphatic carbocycles. The molecule has 0 aliphatic rings. The SMILES string of the molecule is Brc1ccc2c(c1)nc(-c1ccccc1)c1ccc3cccnc3c12. The van der Waals surface area contributed by atoms with Gasteiger partial charge in [-0.05, 0) is 18.2 Å². The highest BCUT2D eigenvalue weighted by atomic mass is 79.9. The highest BCUT2D eigenvalue weighted by Gasteiger charge is 2.13. The second-order valence-corrected chi connectivity index (χ2v) is 6.97. The van der Waals surface area contributed by atoms with Crippen LogP contribution in [-0.2, 0) is 0 Å². The Labute approximate surface area is 153 Å². The third-order valence-electron chi connectivity index (χ3n) is 4.54. The van der Waals surface area contributed by atoms with Gasteiger partial charge < -0.3 is 0 Å². The number of hydrogen-bond donors (Lipinski definition) is 0. The smallest absolute Gasteiger partial charge is 0.0788 e. The second-order valence-electron chi connectivity index (χ2n) is 6.05. The quantitative estimate of drug-likeness (QED) is 0.314. The van der Waals surface area contributed by atoms with Crippen LogP contribution in [0.1, 0.15) is 0 Å². The fourth-order valence-electron chi connectivity index (χ4n) is 3.42. The third kappa shape index (κ3) is 2.31. The molecule has 3 aromatic carbocycles. The Bertz CT molecular complexity index is 1250. The third-order valence-corrected chi connectivity index (χ3v) is 5.03. The van der Waals surface area contributed by atoms with E-state index in [1.807, 2.05) is 30.5 Å². The standard InChI is InChI=1S/C22H13BrN2/c23-16-9-11-17-19(13-16)25-21(14-5-2-1-3-6-14)18-10-8-15-7-4-12-24-22(15)20(17)18/h1-13H. The minimum absolute atomic E-state index is 0.971. The van der Waals surface area contributed by atoms with Crippen molar-refractivity contribution in [3.63, 3.8) is 0 Å². The van der Waals surface area contributed by atoms with E-state index in [4.69, 9.17) is 4.98 Å². The van der Waals surface area contributed by atoms with Crippen LogP contribution in [0.25, 0.3) is 43.8 Å². The fraction of sp³-hybridized carbons (Fsp3) is 0. The van der Waals surface area contributed by atoms with E-state index in [1.165, 1.54) is 0 Å². The lowest BCUT2D eigenvalue weighted by atomic mass is 9.97. The van der Waals surface area contributed by atoms with Crippen LogP contribution in [0, 0.1) is 0 Å². The first kappa shape index (κ1) is 14.6.